The molecule has 1 saturated heterocycles. The Morgan fingerprint density at radius 2 is 2.12 bits per heavy atom. The average molecular weight is 231 g/mol. The van der Waals surface area contributed by atoms with Gasteiger partial charge in [0.05, 0.1) is 0 Å². The number of Topliss-reactive ketones (excluding diaryl/α,β-unsaturated/α-hetero) is 1. The number of benzene rings is 1. The van der Waals surface area contributed by atoms with Crippen LogP contribution >= 0.6 is 0 Å². The Hall–Kier alpha value is -1.15. The van der Waals surface area contributed by atoms with Crippen molar-refractivity contribution in [2.24, 2.45) is 0 Å². The first kappa shape index (κ1) is 12.3. The zero-order chi connectivity index (χ0) is 12.3. The van der Waals surface area contributed by atoms with E-state index in [-0.39, 0.29) is 0 Å². The maximum absolute atomic E-state index is 11.3. The topological polar surface area (TPSA) is 20.3 Å². The molecular formula is C15H21NO. The van der Waals surface area contributed by atoms with E-state index in [4.69, 9.17) is 0 Å². The highest BCUT2D eigenvalue weighted by atomic mass is 16.1. The molecule has 1 aliphatic rings. The van der Waals surface area contributed by atoms with Gasteiger partial charge >= 0.3 is 0 Å². The average Bonchev–Trinajstić information content (AvgIpc) is 2.76. The van der Waals surface area contributed by atoms with Crippen molar-refractivity contribution in [2.45, 2.75) is 45.2 Å². The number of rotatable bonds is 4. The van der Waals surface area contributed by atoms with Gasteiger partial charge in [0.15, 0.2) is 0 Å². The van der Waals surface area contributed by atoms with Gasteiger partial charge in [-0.05, 0) is 38.8 Å². The van der Waals surface area contributed by atoms with E-state index in [2.05, 4.69) is 36.1 Å². The highest BCUT2D eigenvalue weighted by Crippen LogP contribution is 2.30. The van der Waals surface area contributed by atoms with Crippen LogP contribution in [0.25, 0.3) is 0 Å². The third kappa shape index (κ3) is 2.95. The van der Waals surface area contributed by atoms with Crippen LogP contribution in [0, 0.1) is 0 Å². The Kier molecular flexibility index (Phi) is 3.95. The third-order valence-electron chi connectivity index (χ3n) is 3.73. The van der Waals surface area contributed by atoms with Gasteiger partial charge in [-0.2, -0.15) is 0 Å². The van der Waals surface area contributed by atoms with Gasteiger partial charge in [-0.25, -0.2) is 0 Å². The molecule has 1 aliphatic heterocycles. The highest BCUT2D eigenvalue weighted by Gasteiger charge is 2.29. The van der Waals surface area contributed by atoms with Gasteiger partial charge in [-0.15, -0.1) is 0 Å². The Morgan fingerprint density at radius 3 is 2.76 bits per heavy atom. The second-order valence-electron chi connectivity index (χ2n) is 5.03. The summed E-state index contributed by atoms with van der Waals surface area (Å²) in [6.45, 7) is 5.06. The largest absolute Gasteiger partial charge is 0.300 e. The van der Waals surface area contributed by atoms with Crippen LogP contribution in [0.2, 0.25) is 0 Å². The third-order valence-corrected chi connectivity index (χ3v) is 3.73. The summed E-state index contributed by atoms with van der Waals surface area (Å²) < 4.78 is 0. The molecular weight excluding hydrogens is 210 g/mol. The molecule has 0 N–H and O–H groups in total. The molecule has 1 aromatic rings. The Morgan fingerprint density at radius 1 is 1.41 bits per heavy atom. The van der Waals surface area contributed by atoms with Gasteiger partial charge in [0.2, 0.25) is 0 Å². The number of ketones is 1. The highest BCUT2D eigenvalue weighted by molar-refractivity contribution is 5.76. The molecule has 0 saturated carbocycles. The second kappa shape index (κ2) is 5.46. The number of hydrogen-bond acceptors (Lipinski definition) is 2. The van der Waals surface area contributed by atoms with Crippen molar-refractivity contribution in [3.8, 4) is 0 Å². The summed E-state index contributed by atoms with van der Waals surface area (Å²) in [6, 6.07) is 11.4. The molecule has 0 aliphatic carbocycles. The summed E-state index contributed by atoms with van der Waals surface area (Å²) in [7, 11) is 0. The molecule has 2 unspecified atom stereocenters. The molecule has 17 heavy (non-hydrogen) atoms. The zero-order valence-corrected chi connectivity index (χ0v) is 10.7. The number of carbonyl (C=O) groups is 1. The fraction of sp³-hybridized carbons (Fsp3) is 0.533. The number of likely N-dealkylation sites (tertiary alicyclic amines) is 1. The predicted molar refractivity (Wildman–Crippen MR) is 69.9 cm³/mol. The number of nitrogens with zero attached hydrogens (tertiary/aromatic N) is 1. The Bertz CT molecular complexity index is 374. The smallest absolute Gasteiger partial charge is 0.131 e. The molecule has 2 rings (SSSR count). The van der Waals surface area contributed by atoms with Crippen LogP contribution in [-0.2, 0) is 4.79 Å². The monoisotopic (exact) mass is 231 g/mol. The van der Waals surface area contributed by atoms with E-state index in [0.29, 0.717) is 24.3 Å². The molecule has 0 radical (unpaired) electrons. The lowest BCUT2D eigenvalue weighted by Gasteiger charge is -2.30. The van der Waals surface area contributed by atoms with Crippen molar-refractivity contribution in [2.75, 3.05) is 6.54 Å². The van der Waals surface area contributed by atoms with Crippen molar-refractivity contribution in [1.82, 2.24) is 4.90 Å². The quantitative estimate of drug-likeness (QED) is 0.793. The first-order valence-corrected chi connectivity index (χ1v) is 6.48. The molecule has 1 fully saturated rings. The molecule has 0 amide bonds. The molecule has 2 heteroatoms. The molecule has 0 bridgehead atoms. The van der Waals surface area contributed by atoms with Gasteiger partial charge < -0.3 is 0 Å². The predicted octanol–water partition coefficient (Wildman–Crippen LogP) is 3.19. The summed E-state index contributed by atoms with van der Waals surface area (Å²) in [5.74, 6) is 0.308. The van der Waals surface area contributed by atoms with Crippen LogP contribution in [0.5, 0.6) is 0 Å². The van der Waals surface area contributed by atoms with Crippen LogP contribution in [0.4, 0.5) is 0 Å². The van der Waals surface area contributed by atoms with Gasteiger partial charge in [-0.1, -0.05) is 30.3 Å². The minimum atomic E-state index is 0.308. The Labute approximate surface area is 104 Å². The number of hydrogen-bond donors (Lipinski definition) is 0. The van der Waals surface area contributed by atoms with E-state index < -0.39 is 0 Å². The molecule has 0 spiro atoms. The van der Waals surface area contributed by atoms with E-state index in [0.717, 1.165) is 13.0 Å². The van der Waals surface area contributed by atoms with E-state index in [1.54, 1.807) is 6.92 Å². The molecule has 92 valence electrons. The minimum absolute atomic E-state index is 0.308. The summed E-state index contributed by atoms with van der Waals surface area (Å²) in [5.41, 5.74) is 1.35. The molecule has 0 aromatic heterocycles. The standard InChI is InChI=1S/C15H21NO/c1-12(17)11-15-9-6-10-16(15)13(2)14-7-4-3-5-8-14/h3-5,7-8,13,15H,6,9-11H2,1-2H3. The lowest BCUT2D eigenvalue weighted by molar-refractivity contribution is -0.118. The van der Waals surface area contributed by atoms with Crippen LogP contribution in [0.1, 0.15) is 44.7 Å². The summed E-state index contributed by atoms with van der Waals surface area (Å²) in [6.07, 6.45) is 3.09. The molecule has 2 atom stereocenters. The molecule has 2 nitrogen and oxygen atoms in total. The van der Waals surface area contributed by atoms with Crippen molar-refractivity contribution in [1.29, 1.82) is 0 Å². The van der Waals surface area contributed by atoms with Crippen LogP contribution in [-0.4, -0.2) is 23.3 Å². The van der Waals surface area contributed by atoms with Crippen molar-refractivity contribution < 1.29 is 4.79 Å². The minimum Gasteiger partial charge on any atom is -0.300 e. The summed E-state index contributed by atoms with van der Waals surface area (Å²) in [4.78, 5) is 13.8. The van der Waals surface area contributed by atoms with Gasteiger partial charge in [0.25, 0.3) is 0 Å². The fourth-order valence-electron chi connectivity index (χ4n) is 2.84. The van der Waals surface area contributed by atoms with Gasteiger partial charge in [0, 0.05) is 18.5 Å². The summed E-state index contributed by atoms with van der Waals surface area (Å²) in [5, 5.41) is 0. The zero-order valence-electron chi connectivity index (χ0n) is 10.7. The fourth-order valence-corrected chi connectivity index (χ4v) is 2.84. The molecule has 1 aromatic carbocycles. The van der Waals surface area contributed by atoms with E-state index >= 15 is 0 Å². The van der Waals surface area contributed by atoms with Gasteiger partial charge in [0.1, 0.15) is 5.78 Å². The van der Waals surface area contributed by atoms with Crippen molar-refractivity contribution in [3.63, 3.8) is 0 Å². The summed E-state index contributed by atoms with van der Waals surface area (Å²) >= 11 is 0. The van der Waals surface area contributed by atoms with Crippen LogP contribution in [0.3, 0.4) is 0 Å². The SMILES string of the molecule is CC(=O)CC1CCCN1C(C)c1ccccc1. The van der Waals surface area contributed by atoms with Crippen molar-refractivity contribution >= 4 is 5.78 Å². The van der Waals surface area contributed by atoms with E-state index in [9.17, 15) is 4.79 Å². The van der Waals surface area contributed by atoms with Crippen LogP contribution in [0.15, 0.2) is 30.3 Å². The number of carbonyl (C=O) groups excluding carboxylic acids is 1. The van der Waals surface area contributed by atoms with E-state index in [1.807, 2.05) is 6.07 Å². The Balaban J connectivity index is 2.08. The maximum Gasteiger partial charge on any atom is 0.131 e. The van der Waals surface area contributed by atoms with E-state index in [1.165, 1.54) is 12.0 Å². The first-order chi connectivity index (χ1) is 8.18. The normalized spacial score (nSPS) is 22.6. The molecule has 1 heterocycles. The van der Waals surface area contributed by atoms with Gasteiger partial charge in [-0.3, -0.25) is 9.69 Å². The van der Waals surface area contributed by atoms with Crippen LogP contribution < -0.4 is 0 Å². The first-order valence-electron chi connectivity index (χ1n) is 6.48. The lowest BCUT2D eigenvalue weighted by atomic mass is 10.0. The maximum atomic E-state index is 11.3. The second-order valence-corrected chi connectivity index (χ2v) is 5.03. The van der Waals surface area contributed by atoms with Crippen molar-refractivity contribution in [3.05, 3.63) is 35.9 Å². The lowest BCUT2D eigenvalue weighted by Crippen LogP contribution is -2.33.